The third-order valence-electron chi connectivity index (χ3n) is 2.67. The molecule has 0 saturated carbocycles. The Hall–Kier alpha value is -2.15. The summed E-state index contributed by atoms with van der Waals surface area (Å²) in [5.41, 5.74) is 6.08. The van der Waals surface area contributed by atoms with E-state index in [0.717, 1.165) is 0 Å². The normalized spacial score (nSPS) is 12.0. The fraction of sp³-hybridized carbons (Fsp3) is 0.417. The Morgan fingerprint density at radius 1 is 1.47 bits per heavy atom. The fourth-order valence-electron chi connectivity index (χ4n) is 1.32. The van der Waals surface area contributed by atoms with Gasteiger partial charge in [-0.2, -0.15) is 0 Å². The van der Waals surface area contributed by atoms with E-state index in [1.165, 1.54) is 18.2 Å². The highest BCUT2D eigenvalue weighted by Crippen LogP contribution is 2.16. The number of carbonyl (C=O) groups is 1. The topological polar surface area (TPSA) is 110 Å². The SMILES string of the molecule is CC(C)C(N)CNC(=O)Nc1cccc([N+](=O)[O-])c1. The monoisotopic (exact) mass is 266 g/mol. The molecule has 1 aromatic carbocycles. The van der Waals surface area contributed by atoms with Crippen LogP contribution in [0.5, 0.6) is 0 Å². The molecule has 0 aromatic heterocycles. The first kappa shape index (κ1) is 14.9. The summed E-state index contributed by atoms with van der Waals surface area (Å²) in [5.74, 6) is 0.262. The largest absolute Gasteiger partial charge is 0.336 e. The molecule has 0 aliphatic heterocycles. The van der Waals surface area contributed by atoms with Gasteiger partial charge in [0.2, 0.25) is 0 Å². The van der Waals surface area contributed by atoms with E-state index >= 15 is 0 Å². The van der Waals surface area contributed by atoms with Crippen LogP contribution in [0.1, 0.15) is 13.8 Å². The van der Waals surface area contributed by atoms with Gasteiger partial charge in [-0.05, 0) is 12.0 Å². The molecule has 0 fully saturated rings. The summed E-state index contributed by atoms with van der Waals surface area (Å²) in [5, 5.41) is 15.7. The Kier molecular flexibility index (Phi) is 5.25. The number of nitrogens with zero attached hydrogens (tertiary/aromatic N) is 1. The van der Waals surface area contributed by atoms with E-state index in [1.807, 2.05) is 13.8 Å². The molecule has 0 radical (unpaired) electrons. The van der Waals surface area contributed by atoms with Gasteiger partial charge in [-0.25, -0.2) is 4.79 Å². The number of non-ortho nitro benzene ring substituents is 1. The van der Waals surface area contributed by atoms with Crippen molar-refractivity contribution < 1.29 is 9.72 Å². The number of nitrogens with one attached hydrogen (secondary N) is 2. The molecule has 1 atom stereocenters. The van der Waals surface area contributed by atoms with Crippen LogP contribution in [0.3, 0.4) is 0 Å². The first-order valence-electron chi connectivity index (χ1n) is 5.95. The summed E-state index contributed by atoms with van der Waals surface area (Å²) in [6.07, 6.45) is 0. The third-order valence-corrected chi connectivity index (χ3v) is 2.67. The standard InChI is InChI=1S/C12H18N4O3/c1-8(2)11(13)7-14-12(17)15-9-4-3-5-10(6-9)16(18)19/h3-6,8,11H,7,13H2,1-2H3,(H2,14,15,17). The lowest BCUT2D eigenvalue weighted by molar-refractivity contribution is -0.384. The quantitative estimate of drug-likeness (QED) is 0.556. The number of benzene rings is 1. The molecule has 4 N–H and O–H groups in total. The number of urea groups is 1. The second kappa shape index (κ2) is 6.69. The average molecular weight is 266 g/mol. The highest BCUT2D eigenvalue weighted by atomic mass is 16.6. The Morgan fingerprint density at radius 2 is 2.16 bits per heavy atom. The van der Waals surface area contributed by atoms with Crippen molar-refractivity contribution in [1.29, 1.82) is 0 Å². The summed E-state index contributed by atoms with van der Waals surface area (Å²) >= 11 is 0. The predicted octanol–water partition coefficient (Wildman–Crippen LogP) is 1.70. The van der Waals surface area contributed by atoms with Gasteiger partial charge >= 0.3 is 6.03 Å². The van der Waals surface area contributed by atoms with Crippen molar-refractivity contribution in [3.8, 4) is 0 Å². The number of nitrogens with two attached hydrogens (primary N) is 1. The number of anilines is 1. The van der Waals surface area contributed by atoms with Crippen molar-refractivity contribution in [1.82, 2.24) is 5.32 Å². The minimum Gasteiger partial charge on any atom is -0.336 e. The highest BCUT2D eigenvalue weighted by Gasteiger charge is 2.10. The van der Waals surface area contributed by atoms with Crippen LogP contribution in [0.4, 0.5) is 16.2 Å². The van der Waals surface area contributed by atoms with Crippen molar-refractivity contribution in [2.75, 3.05) is 11.9 Å². The number of rotatable bonds is 5. The molecule has 0 aliphatic rings. The van der Waals surface area contributed by atoms with Gasteiger partial charge in [0.15, 0.2) is 0 Å². The molecule has 0 saturated heterocycles. The van der Waals surface area contributed by atoms with E-state index in [2.05, 4.69) is 10.6 Å². The van der Waals surface area contributed by atoms with E-state index < -0.39 is 11.0 Å². The Balaban J connectivity index is 2.53. The molecule has 1 unspecified atom stereocenters. The number of nitro groups is 1. The molecule has 2 amide bonds. The van der Waals surface area contributed by atoms with E-state index in [4.69, 9.17) is 5.73 Å². The zero-order valence-electron chi connectivity index (χ0n) is 10.9. The van der Waals surface area contributed by atoms with E-state index in [1.54, 1.807) is 6.07 Å². The zero-order chi connectivity index (χ0) is 14.4. The van der Waals surface area contributed by atoms with Crippen LogP contribution in [-0.4, -0.2) is 23.5 Å². The van der Waals surface area contributed by atoms with Crippen LogP contribution < -0.4 is 16.4 Å². The second-order valence-electron chi connectivity index (χ2n) is 4.55. The maximum atomic E-state index is 11.6. The molecule has 0 spiro atoms. The van der Waals surface area contributed by atoms with Gasteiger partial charge in [0, 0.05) is 30.4 Å². The van der Waals surface area contributed by atoms with Gasteiger partial charge in [0.1, 0.15) is 0 Å². The number of amides is 2. The molecule has 1 rings (SSSR count). The Bertz CT molecular complexity index is 462. The second-order valence-corrected chi connectivity index (χ2v) is 4.55. The minimum atomic E-state index is -0.516. The first-order valence-corrected chi connectivity index (χ1v) is 5.95. The van der Waals surface area contributed by atoms with Crippen molar-refractivity contribution in [3.63, 3.8) is 0 Å². The first-order chi connectivity index (χ1) is 8.90. The number of hydrogen-bond donors (Lipinski definition) is 3. The molecule has 7 nitrogen and oxygen atoms in total. The van der Waals surface area contributed by atoms with Crippen molar-refractivity contribution >= 4 is 17.4 Å². The van der Waals surface area contributed by atoms with Crippen molar-refractivity contribution in [3.05, 3.63) is 34.4 Å². The summed E-state index contributed by atoms with van der Waals surface area (Å²) in [4.78, 5) is 21.6. The molecule has 0 bridgehead atoms. The van der Waals surface area contributed by atoms with Crippen molar-refractivity contribution in [2.45, 2.75) is 19.9 Å². The molecule has 1 aromatic rings. The van der Waals surface area contributed by atoms with E-state index in [0.29, 0.717) is 12.2 Å². The zero-order valence-corrected chi connectivity index (χ0v) is 10.9. The minimum absolute atomic E-state index is 0.0725. The summed E-state index contributed by atoms with van der Waals surface area (Å²) in [6, 6.07) is 5.18. The van der Waals surface area contributed by atoms with Crippen LogP contribution >= 0.6 is 0 Å². The number of nitro benzene ring substituents is 1. The van der Waals surface area contributed by atoms with Crippen LogP contribution in [0.15, 0.2) is 24.3 Å². The predicted molar refractivity (Wildman–Crippen MR) is 72.9 cm³/mol. The molecule has 19 heavy (non-hydrogen) atoms. The maximum Gasteiger partial charge on any atom is 0.319 e. The number of hydrogen-bond acceptors (Lipinski definition) is 4. The van der Waals surface area contributed by atoms with Gasteiger partial charge in [-0.1, -0.05) is 19.9 Å². The molecule has 7 heteroatoms. The molecule has 0 heterocycles. The smallest absolute Gasteiger partial charge is 0.319 e. The van der Waals surface area contributed by atoms with E-state index in [9.17, 15) is 14.9 Å². The van der Waals surface area contributed by atoms with E-state index in [-0.39, 0.29) is 17.6 Å². The van der Waals surface area contributed by atoms with Gasteiger partial charge in [0.05, 0.1) is 4.92 Å². The van der Waals surface area contributed by atoms with Gasteiger partial charge in [-0.15, -0.1) is 0 Å². The van der Waals surface area contributed by atoms with Crippen LogP contribution in [0, 0.1) is 16.0 Å². The lowest BCUT2D eigenvalue weighted by Crippen LogP contribution is -2.42. The lowest BCUT2D eigenvalue weighted by Gasteiger charge is -2.16. The molecule has 0 aliphatic carbocycles. The van der Waals surface area contributed by atoms with Crippen LogP contribution in [0.2, 0.25) is 0 Å². The molecular formula is C12H18N4O3. The summed E-state index contributed by atoms with van der Waals surface area (Å²) < 4.78 is 0. The Labute approximate surface area is 111 Å². The van der Waals surface area contributed by atoms with Gasteiger partial charge in [-0.3, -0.25) is 10.1 Å². The lowest BCUT2D eigenvalue weighted by atomic mass is 10.1. The molecular weight excluding hydrogens is 248 g/mol. The average Bonchev–Trinajstić information content (AvgIpc) is 2.36. The maximum absolute atomic E-state index is 11.6. The van der Waals surface area contributed by atoms with Crippen LogP contribution in [0.25, 0.3) is 0 Å². The molecule has 104 valence electrons. The fourth-order valence-corrected chi connectivity index (χ4v) is 1.32. The van der Waals surface area contributed by atoms with Gasteiger partial charge < -0.3 is 16.4 Å². The Morgan fingerprint density at radius 3 is 2.74 bits per heavy atom. The van der Waals surface area contributed by atoms with Gasteiger partial charge in [0.25, 0.3) is 5.69 Å². The summed E-state index contributed by atoms with van der Waals surface area (Å²) in [7, 11) is 0. The highest BCUT2D eigenvalue weighted by molar-refractivity contribution is 5.89. The number of carbonyl (C=O) groups excluding carboxylic acids is 1. The van der Waals surface area contributed by atoms with Crippen LogP contribution in [-0.2, 0) is 0 Å². The summed E-state index contributed by atoms with van der Waals surface area (Å²) in [6.45, 7) is 4.27. The van der Waals surface area contributed by atoms with Crippen molar-refractivity contribution in [2.24, 2.45) is 11.7 Å². The third kappa shape index (κ3) is 4.92.